The van der Waals surface area contributed by atoms with Gasteiger partial charge in [-0.1, -0.05) is 29.2 Å². The lowest BCUT2D eigenvalue weighted by Crippen LogP contribution is -2.08. The lowest BCUT2D eigenvalue weighted by molar-refractivity contribution is 0.102. The smallest absolute Gasteiger partial charge is 0.206 e. The number of nitrogens with zero attached hydrogens (tertiary/aromatic N) is 3. The molecule has 0 aliphatic heterocycles. The second-order valence-corrected chi connectivity index (χ2v) is 10.0. The number of rotatable bonds is 10. The number of carbonyl (C=O) groups excluding carboxylic acids is 1. The number of thiophene rings is 1. The zero-order valence-electron chi connectivity index (χ0n) is 16.8. The molecule has 30 heavy (non-hydrogen) atoms. The van der Waals surface area contributed by atoms with Crippen LogP contribution in [-0.2, 0) is 19.5 Å². The number of anilines is 1. The van der Waals surface area contributed by atoms with Gasteiger partial charge in [-0.25, -0.2) is 0 Å². The van der Waals surface area contributed by atoms with Crippen LogP contribution in [0.4, 0.5) is 5.13 Å². The molecule has 1 N–H and O–H groups in total. The maximum atomic E-state index is 12.8. The molecule has 0 amide bonds. The van der Waals surface area contributed by atoms with Gasteiger partial charge in [0.15, 0.2) is 10.1 Å². The summed E-state index contributed by atoms with van der Waals surface area (Å²) in [6.45, 7) is 5.54. The summed E-state index contributed by atoms with van der Waals surface area (Å²) in [6.07, 6.45) is 2.62. The monoisotopic (exact) mass is 458 g/mol. The van der Waals surface area contributed by atoms with Crippen LogP contribution in [0, 0.1) is 13.8 Å². The Morgan fingerprint density at radius 1 is 1.27 bits per heavy atom. The van der Waals surface area contributed by atoms with Crippen molar-refractivity contribution < 1.29 is 9.21 Å². The molecule has 4 aromatic rings. The van der Waals surface area contributed by atoms with Gasteiger partial charge in [-0.3, -0.25) is 4.79 Å². The van der Waals surface area contributed by atoms with Gasteiger partial charge in [0.25, 0.3) is 0 Å². The number of aryl methyl sites for hydroxylation is 2. The third-order valence-corrected chi connectivity index (χ3v) is 7.71. The van der Waals surface area contributed by atoms with Crippen molar-refractivity contribution in [2.75, 3.05) is 11.1 Å². The SMILES string of the molecule is Cc1cc(C(=O)CSc2nnc(NCc3ccco3)s2)c(C)n1CCc1cccs1. The molecule has 0 aliphatic carbocycles. The molecule has 9 heteroatoms. The molecule has 0 spiro atoms. The molecule has 156 valence electrons. The highest BCUT2D eigenvalue weighted by Gasteiger charge is 2.17. The van der Waals surface area contributed by atoms with Gasteiger partial charge in [0.2, 0.25) is 5.13 Å². The number of aromatic nitrogens is 3. The second kappa shape index (κ2) is 9.63. The molecule has 4 aromatic heterocycles. The van der Waals surface area contributed by atoms with E-state index in [1.54, 1.807) is 17.6 Å². The molecule has 6 nitrogen and oxygen atoms in total. The largest absolute Gasteiger partial charge is 0.467 e. The highest BCUT2D eigenvalue weighted by molar-refractivity contribution is 8.01. The van der Waals surface area contributed by atoms with E-state index in [0.29, 0.717) is 17.4 Å². The average Bonchev–Trinajstić information content (AvgIpc) is 3.53. The van der Waals surface area contributed by atoms with Gasteiger partial charge in [0.1, 0.15) is 5.76 Å². The fourth-order valence-electron chi connectivity index (χ4n) is 3.22. The first-order valence-corrected chi connectivity index (χ1v) is 12.2. The Labute approximate surface area is 187 Å². The van der Waals surface area contributed by atoms with Gasteiger partial charge < -0.3 is 14.3 Å². The molecule has 0 unspecified atom stereocenters. The van der Waals surface area contributed by atoms with E-state index in [2.05, 4.69) is 44.5 Å². The van der Waals surface area contributed by atoms with Crippen LogP contribution in [0.25, 0.3) is 0 Å². The van der Waals surface area contributed by atoms with Crippen molar-refractivity contribution >= 4 is 45.4 Å². The molecular weight excluding hydrogens is 436 g/mol. The number of furan rings is 1. The van der Waals surface area contributed by atoms with Crippen LogP contribution in [0.2, 0.25) is 0 Å². The summed E-state index contributed by atoms with van der Waals surface area (Å²) in [6, 6.07) is 9.99. The van der Waals surface area contributed by atoms with Crippen LogP contribution < -0.4 is 5.32 Å². The minimum absolute atomic E-state index is 0.121. The number of carbonyl (C=O) groups is 1. The number of nitrogens with one attached hydrogen (secondary N) is 1. The number of thioether (sulfide) groups is 1. The van der Waals surface area contributed by atoms with E-state index in [9.17, 15) is 4.79 Å². The quantitative estimate of drug-likeness (QED) is 0.252. The molecular formula is C21H22N4O2S3. The minimum atomic E-state index is 0.121. The minimum Gasteiger partial charge on any atom is -0.467 e. The maximum absolute atomic E-state index is 12.8. The lowest BCUT2D eigenvalue weighted by atomic mass is 10.2. The van der Waals surface area contributed by atoms with Crippen molar-refractivity contribution in [3.05, 3.63) is 69.6 Å². The van der Waals surface area contributed by atoms with Gasteiger partial charge in [-0.2, -0.15) is 0 Å². The summed E-state index contributed by atoms with van der Waals surface area (Å²) in [5, 5.41) is 14.3. The van der Waals surface area contributed by atoms with Crippen molar-refractivity contribution in [2.45, 2.75) is 37.7 Å². The highest BCUT2D eigenvalue weighted by Crippen LogP contribution is 2.27. The van der Waals surface area contributed by atoms with Crippen molar-refractivity contribution in [1.29, 1.82) is 0 Å². The Balaban J connectivity index is 1.32. The van der Waals surface area contributed by atoms with Gasteiger partial charge in [-0.15, -0.1) is 21.5 Å². The summed E-state index contributed by atoms with van der Waals surface area (Å²) in [5.74, 6) is 1.31. The predicted octanol–water partition coefficient (Wildman–Crippen LogP) is 5.44. The van der Waals surface area contributed by atoms with Gasteiger partial charge >= 0.3 is 0 Å². The number of hydrogen-bond donors (Lipinski definition) is 1. The van der Waals surface area contributed by atoms with E-state index in [1.165, 1.54) is 28.0 Å². The Bertz CT molecular complexity index is 1100. The molecule has 0 aliphatic rings. The lowest BCUT2D eigenvalue weighted by Gasteiger charge is -2.09. The summed E-state index contributed by atoms with van der Waals surface area (Å²) >= 11 is 4.64. The molecule has 4 rings (SSSR count). The predicted molar refractivity (Wildman–Crippen MR) is 123 cm³/mol. The zero-order chi connectivity index (χ0) is 20.9. The van der Waals surface area contributed by atoms with Crippen LogP contribution in [-0.4, -0.2) is 26.3 Å². The third kappa shape index (κ3) is 5.03. The van der Waals surface area contributed by atoms with Gasteiger partial charge in [0.05, 0.1) is 18.6 Å². The Hall–Kier alpha value is -2.36. The van der Waals surface area contributed by atoms with Crippen LogP contribution in [0.3, 0.4) is 0 Å². The third-order valence-electron chi connectivity index (χ3n) is 4.76. The van der Waals surface area contributed by atoms with E-state index in [1.807, 2.05) is 25.1 Å². The number of ketones is 1. The van der Waals surface area contributed by atoms with Crippen molar-refractivity contribution in [1.82, 2.24) is 14.8 Å². The van der Waals surface area contributed by atoms with Crippen molar-refractivity contribution in [3.63, 3.8) is 0 Å². The summed E-state index contributed by atoms with van der Waals surface area (Å²) in [4.78, 5) is 14.2. The van der Waals surface area contributed by atoms with Crippen LogP contribution in [0.1, 0.15) is 32.4 Å². The summed E-state index contributed by atoms with van der Waals surface area (Å²) < 4.78 is 8.30. The van der Waals surface area contributed by atoms with E-state index in [0.717, 1.165) is 40.0 Å². The Morgan fingerprint density at radius 2 is 2.17 bits per heavy atom. The van der Waals surface area contributed by atoms with Crippen LogP contribution >= 0.6 is 34.4 Å². The normalized spacial score (nSPS) is 11.1. The molecule has 4 heterocycles. The second-order valence-electron chi connectivity index (χ2n) is 6.78. The molecule has 0 fully saturated rings. The summed E-state index contributed by atoms with van der Waals surface area (Å²) in [5.41, 5.74) is 2.96. The Kier molecular flexibility index (Phi) is 6.71. The first-order chi connectivity index (χ1) is 14.6. The zero-order valence-corrected chi connectivity index (χ0v) is 19.2. The average molecular weight is 459 g/mol. The molecule has 0 atom stereocenters. The van der Waals surface area contributed by atoms with E-state index in [4.69, 9.17) is 4.42 Å². The van der Waals surface area contributed by atoms with E-state index >= 15 is 0 Å². The molecule has 0 bridgehead atoms. The topological polar surface area (TPSA) is 73.0 Å². The van der Waals surface area contributed by atoms with Crippen molar-refractivity contribution in [3.8, 4) is 0 Å². The van der Waals surface area contributed by atoms with Gasteiger partial charge in [0, 0.05) is 28.4 Å². The maximum Gasteiger partial charge on any atom is 0.206 e. The number of Topliss-reactive ketones (excluding diaryl/α,β-unsaturated/α-hetero) is 1. The molecule has 0 saturated carbocycles. The van der Waals surface area contributed by atoms with Crippen molar-refractivity contribution in [2.24, 2.45) is 0 Å². The first kappa shape index (κ1) is 20.9. The standard InChI is InChI=1S/C21H22N4O2S3/c1-14-11-18(15(2)25(14)8-7-17-6-4-10-28-17)19(26)13-29-21-24-23-20(30-21)22-12-16-5-3-9-27-16/h3-6,9-11H,7-8,12-13H2,1-2H3,(H,22,23). The fourth-order valence-corrected chi connectivity index (χ4v) is 5.55. The molecule has 0 saturated heterocycles. The fraction of sp³-hybridized carbons (Fsp3) is 0.286. The molecule has 0 aromatic carbocycles. The van der Waals surface area contributed by atoms with Gasteiger partial charge in [-0.05, 0) is 49.9 Å². The van der Waals surface area contributed by atoms with Crippen LogP contribution in [0.5, 0.6) is 0 Å². The summed E-state index contributed by atoms with van der Waals surface area (Å²) in [7, 11) is 0. The number of hydrogen-bond acceptors (Lipinski definition) is 8. The Morgan fingerprint density at radius 3 is 2.93 bits per heavy atom. The molecule has 0 radical (unpaired) electrons. The first-order valence-electron chi connectivity index (χ1n) is 9.55. The highest BCUT2D eigenvalue weighted by atomic mass is 32.2. The van der Waals surface area contributed by atoms with Crippen LogP contribution in [0.15, 0.2) is 50.7 Å². The van der Waals surface area contributed by atoms with E-state index < -0.39 is 0 Å². The van der Waals surface area contributed by atoms with E-state index in [-0.39, 0.29) is 5.78 Å².